The van der Waals surface area contributed by atoms with E-state index in [-0.39, 0.29) is 0 Å². The van der Waals surface area contributed by atoms with Crippen molar-refractivity contribution in [2.45, 2.75) is 18.7 Å². The monoisotopic (exact) mass is 268 g/mol. The lowest BCUT2D eigenvalue weighted by molar-refractivity contribution is 0.0691. The number of rotatable bonds is 2. The number of hydrogen-bond donors (Lipinski definition) is 1. The minimum Gasteiger partial charge on any atom is -0.478 e. The van der Waals surface area contributed by atoms with Gasteiger partial charge in [-0.1, -0.05) is 13.8 Å². The summed E-state index contributed by atoms with van der Waals surface area (Å²) in [6, 6.07) is 2.29. The summed E-state index contributed by atoms with van der Waals surface area (Å²) in [6.45, 7) is 4.00. The van der Waals surface area contributed by atoms with Crippen molar-refractivity contribution in [2.24, 2.45) is 0 Å². The van der Waals surface area contributed by atoms with Crippen LogP contribution in [-0.2, 0) is 9.05 Å². The normalized spacial score (nSPS) is 10.2. The number of carbonyl (C=O) groups is 1. The first kappa shape index (κ1) is 14.9. The summed E-state index contributed by atoms with van der Waals surface area (Å²) >= 11 is 0. The molecule has 1 N–H and O–H groups in total. The molecule has 0 aliphatic rings. The van der Waals surface area contributed by atoms with E-state index in [0.29, 0.717) is 6.07 Å². The fraction of sp³-hybridized carbons (Fsp3) is 0.222. The third-order valence-corrected chi connectivity index (χ3v) is 2.80. The molecule has 0 aliphatic heterocycles. The Morgan fingerprint density at radius 3 is 2.25 bits per heavy atom. The van der Waals surface area contributed by atoms with Crippen LogP contribution in [-0.4, -0.2) is 19.5 Å². The van der Waals surface area contributed by atoms with E-state index in [2.05, 4.69) is 0 Å². The van der Waals surface area contributed by atoms with E-state index >= 15 is 0 Å². The third kappa shape index (κ3) is 3.79. The van der Waals surface area contributed by atoms with Crippen LogP contribution >= 0.6 is 10.7 Å². The van der Waals surface area contributed by atoms with Crippen LogP contribution in [0, 0.1) is 5.82 Å². The lowest BCUT2D eigenvalue weighted by atomic mass is 10.2. The van der Waals surface area contributed by atoms with Crippen molar-refractivity contribution in [3.63, 3.8) is 0 Å². The lowest BCUT2D eigenvalue weighted by Crippen LogP contribution is -2.02. The first-order valence-corrected chi connectivity index (χ1v) is 6.61. The van der Waals surface area contributed by atoms with Gasteiger partial charge < -0.3 is 5.11 Å². The number of benzene rings is 1. The fourth-order valence-corrected chi connectivity index (χ4v) is 1.60. The van der Waals surface area contributed by atoms with Gasteiger partial charge in [-0.2, -0.15) is 0 Å². The number of hydrogen-bond acceptors (Lipinski definition) is 3. The van der Waals surface area contributed by atoms with Crippen LogP contribution in [0.4, 0.5) is 4.39 Å². The maximum Gasteiger partial charge on any atom is 0.338 e. The molecule has 0 amide bonds. The van der Waals surface area contributed by atoms with Gasteiger partial charge in [-0.05, 0) is 18.2 Å². The van der Waals surface area contributed by atoms with E-state index in [1.165, 1.54) is 0 Å². The van der Waals surface area contributed by atoms with Gasteiger partial charge in [0.05, 0.1) is 10.5 Å². The summed E-state index contributed by atoms with van der Waals surface area (Å²) in [5.41, 5.74) is -0.730. The summed E-state index contributed by atoms with van der Waals surface area (Å²) in [7, 11) is 0.911. The molecule has 90 valence electrons. The number of aromatic carboxylic acids is 1. The molecule has 7 heteroatoms. The molecule has 0 saturated carbocycles. The average Bonchev–Trinajstić information content (AvgIpc) is 2.19. The summed E-state index contributed by atoms with van der Waals surface area (Å²) in [5, 5.41) is 8.48. The Kier molecular flexibility index (Phi) is 5.40. The highest BCUT2D eigenvalue weighted by Gasteiger charge is 2.16. The van der Waals surface area contributed by atoms with E-state index in [4.69, 9.17) is 15.8 Å². The minimum atomic E-state index is -4.03. The van der Waals surface area contributed by atoms with Crippen LogP contribution in [0.3, 0.4) is 0 Å². The molecule has 1 rings (SSSR count). The second-order valence-electron chi connectivity index (χ2n) is 2.38. The largest absolute Gasteiger partial charge is 0.478 e. The first-order valence-electron chi connectivity index (χ1n) is 4.30. The molecule has 0 aromatic heterocycles. The molecule has 0 radical (unpaired) electrons. The Bertz CT molecular complexity index is 484. The van der Waals surface area contributed by atoms with Gasteiger partial charge in [0.25, 0.3) is 9.05 Å². The molecule has 0 atom stereocenters. The predicted molar refractivity (Wildman–Crippen MR) is 57.7 cm³/mol. The summed E-state index contributed by atoms with van der Waals surface area (Å²) in [5.74, 6) is -2.56. The van der Waals surface area contributed by atoms with Crippen LogP contribution in [0.25, 0.3) is 0 Å². The molecular formula is C9H10ClFO4S. The van der Waals surface area contributed by atoms with Crippen LogP contribution in [0.5, 0.6) is 0 Å². The fourth-order valence-electron chi connectivity index (χ4n) is 0.820. The smallest absolute Gasteiger partial charge is 0.338 e. The molecule has 1 aromatic carbocycles. The van der Waals surface area contributed by atoms with Crippen molar-refractivity contribution in [2.75, 3.05) is 0 Å². The molecule has 0 spiro atoms. The second-order valence-corrected chi connectivity index (χ2v) is 4.95. The Morgan fingerprint density at radius 2 is 1.88 bits per heavy atom. The van der Waals surface area contributed by atoms with E-state index in [0.717, 1.165) is 12.1 Å². The van der Waals surface area contributed by atoms with Crippen LogP contribution in [0.2, 0.25) is 0 Å². The first-order chi connectivity index (χ1) is 7.32. The van der Waals surface area contributed by atoms with Crippen LogP contribution in [0.15, 0.2) is 23.1 Å². The molecule has 16 heavy (non-hydrogen) atoms. The van der Waals surface area contributed by atoms with Crippen molar-refractivity contribution in [1.82, 2.24) is 0 Å². The lowest BCUT2D eigenvalue weighted by Gasteiger charge is -1.99. The zero-order valence-corrected chi connectivity index (χ0v) is 10.1. The van der Waals surface area contributed by atoms with E-state index in [1.54, 1.807) is 0 Å². The topological polar surface area (TPSA) is 71.4 Å². The molecular weight excluding hydrogens is 259 g/mol. The molecule has 0 saturated heterocycles. The molecule has 4 nitrogen and oxygen atoms in total. The molecule has 0 unspecified atom stereocenters. The molecule has 0 fully saturated rings. The van der Waals surface area contributed by atoms with Gasteiger partial charge in [0.15, 0.2) is 0 Å². The van der Waals surface area contributed by atoms with Gasteiger partial charge >= 0.3 is 5.97 Å². The van der Waals surface area contributed by atoms with Crippen LogP contribution < -0.4 is 0 Å². The van der Waals surface area contributed by atoms with Crippen molar-refractivity contribution >= 4 is 25.7 Å². The van der Waals surface area contributed by atoms with Crippen molar-refractivity contribution in [3.8, 4) is 0 Å². The second kappa shape index (κ2) is 5.81. The minimum absolute atomic E-state index is 0.446. The zero-order valence-electron chi connectivity index (χ0n) is 8.57. The highest BCUT2D eigenvalue weighted by atomic mass is 35.7. The summed E-state index contributed by atoms with van der Waals surface area (Å²) < 4.78 is 34.3. The van der Waals surface area contributed by atoms with Gasteiger partial charge in [-0.25, -0.2) is 17.6 Å². The van der Waals surface area contributed by atoms with Gasteiger partial charge in [-0.15, -0.1) is 0 Å². The van der Waals surface area contributed by atoms with Crippen molar-refractivity contribution in [1.29, 1.82) is 0 Å². The third-order valence-electron chi connectivity index (χ3n) is 1.45. The Labute approximate surface area is 97.1 Å². The van der Waals surface area contributed by atoms with Gasteiger partial charge in [0.1, 0.15) is 5.82 Å². The summed E-state index contributed by atoms with van der Waals surface area (Å²) in [4.78, 5) is 9.98. The molecule has 0 heterocycles. The van der Waals surface area contributed by atoms with E-state index in [9.17, 15) is 17.6 Å². The average molecular weight is 269 g/mol. The highest BCUT2D eigenvalue weighted by molar-refractivity contribution is 8.13. The number of carboxylic acid groups (broad SMARTS) is 1. The molecule has 0 bridgehead atoms. The van der Waals surface area contributed by atoms with E-state index < -0.39 is 31.3 Å². The Morgan fingerprint density at radius 1 is 1.38 bits per heavy atom. The van der Waals surface area contributed by atoms with Gasteiger partial charge in [-0.3, -0.25) is 0 Å². The Hall–Kier alpha value is -1.14. The number of carboxylic acids is 1. The SMILES string of the molecule is CC.O=C(O)c1cc(S(=O)(=O)Cl)ccc1F. The number of halogens is 2. The quantitative estimate of drug-likeness (QED) is 0.837. The Balaban J connectivity index is 0.00000106. The van der Waals surface area contributed by atoms with Gasteiger partial charge in [0, 0.05) is 10.7 Å². The van der Waals surface area contributed by atoms with Crippen molar-refractivity contribution < 1.29 is 22.7 Å². The highest BCUT2D eigenvalue weighted by Crippen LogP contribution is 2.18. The van der Waals surface area contributed by atoms with Gasteiger partial charge in [0.2, 0.25) is 0 Å². The predicted octanol–water partition coefficient (Wildman–Crippen LogP) is 2.48. The van der Waals surface area contributed by atoms with E-state index in [1.807, 2.05) is 13.8 Å². The summed E-state index contributed by atoms with van der Waals surface area (Å²) in [6.07, 6.45) is 0. The van der Waals surface area contributed by atoms with Crippen molar-refractivity contribution in [3.05, 3.63) is 29.6 Å². The standard InChI is InChI=1S/C7H4ClFO4S.C2H6/c8-14(12,13)4-1-2-6(9)5(3-4)7(10)11;1-2/h1-3H,(H,10,11);1-2H3. The molecule has 0 aliphatic carbocycles. The van der Waals surface area contributed by atoms with Crippen LogP contribution in [0.1, 0.15) is 24.2 Å². The maximum absolute atomic E-state index is 12.8. The molecule has 1 aromatic rings. The zero-order chi connectivity index (χ0) is 12.9. The maximum atomic E-state index is 12.8.